The summed E-state index contributed by atoms with van der Waals surface area (Å²) in [6, 6.07) is 4.35. The van der Waals surface area contributed by atoms with Crippen LogP contribution >= 0.6 is 0 Å². The Morgan fingerprint density at radius 3 is 2.29 bits per heavy atom. The van der Waals surface area contributed by atoms with E-state index in [9.17, 15) is 18.5 Å². The van der Waals surface area contributed by atoms with Crippen LogP contribution in [0, 0.1) is 10.1 Å². The summed E-state index contributed by atoms with van der Waals surface area (Å²) in [6.45, 7) is 0. The first-order valence-corrected chi connectivity index (χ1v) is 6.41. The molecule has 1 aromatic carbocycles. The van der Waals surface area contributed by atoms with Gasteiger partial charge in [0.15, 0.2) is 0 Å². The van der Waals surface area contributed by atoms with Gasteiger partial charge in [-0.15, -0.1) is 0 Å². The average molecular weight is 257 g/mol. The van der Waals surface area contributed by atoms with Gasteiger partial charge >= 0.3 is 0 Å². The van der Waals surface area contributed by atoms with E-state index >= 15 is 0 Å². The van der Waals surface area contributed by atoms with Gasteiger partial charge in [-0.05, 0) is 18.6 Å². The molecule has 1 fully saturated rings. The SMILES string of the molecule is N[C@@H]1C[C@H]1NS(=O)(=O)c1ccc([N+](=O)[O-])cc1. The third-order valence-corrected chi connectivity index (χ3v) is 4.01. The molecule has 1 saturated carbocycles. The number of sulfonamides is 1. The minimum atomic E-state index is -3.63. The van der Waals surface area contributed by atoms with E-state index in [4.69, 9.17) is 5.73 Å². The predicted molar refractivity (Wildman–Crippen MR) is 59.8 cm³/mol. The van der Waals surface area contributed by atoms with Crippen LogP contribution in [0.2, 0.25) is 0 Å². The van der Waals surface area contributed by atoms with Crippen molar-refractivity contribution in [3.63, 3.8) is 0 Å². The van der Waals surface area contributed by atoms with Gasteiger partial charge in [-0.25, -0.2) is 13.1 Å². The Kier molecular flexibility index (Phi) is 2.86. The highest BCUT2D eigenvalue weighted by Gasteiger charge is 2.37. The standard InChI is InChI=1S/C9H11N3O4S/c10-8-5-9(8)11-17(15,16)7-3-1-6(2-4-7)12(13)14/h1-4,8-9,11H,5,10H2/t8-,9-/m1/s1. The first-order valence-electron chi connectivity index (χ1n) is 4.92. The van der Waals surface area contributed by atoms with Crippen molar-refractivity contribution in [3.05, 3.63) is 34.4 Å². The second-order valence-corrected chi connectivity index (χ2v) is 5.59. The molecule has 1 aliphatic carbocycles. The number of non-ortho nitro benzene ring substituents is 1. The number of benzene rings is 1. The molecular formula is C9H11N3O4S. The molecule has 17 heavy (non-hydrogen) atoms. The maximum atomic E-state index is 11.8. The van der Waals surface area contributed by atoms with Crippen molar-refractivity contribution in [2.24, 2.45) is 5.73 Å². The third-order valence-electron chi connectivity index (χ3n) is 2.50. The summed E-state index contributed by atoms with van der Waals surface area (Å²) >= 11 is 0. The van der Waals surface area contributed by atoms with Gasteiger partial charge in [0.05, 0.1) is 9.82 Å². The van der Waals surface area contributed by atoms with E-state index in [0.717, 1.165) is 12.1 Å². The van der Waals surface area contributed by atoms with Gasteiger partial charge < -0.3 is 5.73 Å². The van der Waals surface area contributed by atoms with Gasteiger partial charge in [0.25, 0.3) is 5.69 Å². The van der Waals surface area contributed by atoms with Crippen LogP contribution in [-0.2, 0) is 10.0 Å². The van der Waals surface area contributed by atoms with E-state index in [1.165, 1.54) is 12.1 Å². The van der Waals surface area contributed by atoms with Gasteiger partial charge in [-0.3, -0.25) is 10.1 Å². The number of nitrogens with two attached hydrogens (primary N) is 1. The minimum Gasteiger partial charge on any atom is -0.326 e. The van der Waals surface area contributed by atoms with Gasteiger partial charge in [-0.2, -0.15) is 0 Å². The van der Waals surface area contributed by atoms with Crippen LogP contribution in [0.4, 0.5) is 5.69 Å². The van der Waals surface area contributed by atoms with Crippen LogP contribution in [-0.4, -0.2) is 25.4 Å². The largest absolute Gasteiger partial charge is 0.326 e. The lowest BCUT2D eigenvalue weighted by Gasteiger charge is -2.05. The van der Waals surface area contributed by atoms with Crippen molar-refractivity contribution < 1.29 is 13.3 Å². The highest BCUT2D eigenvalue weighted by Crippen LogP contribution is 2.22. The molecule has 3 N–H and O–H groups in total. The molecule has 0 radical (unpaired) electrons. The molecule has 1 aromatic rings. The third kappa shape index (κ3) is 2.60. The van der Waals surface area contributed by atoms with E-state index < -0.39 is 14.9 Å². The van der Waals surface area contributed by atoms with Crippen molar-refractivity contribution in [3.8, 4) is 0 Å². The highest BCUT2D eigenvalue weighted by atomic mass is 32.2. The monoisotopic (exact) mass is 257 g/mol. The smallest absolute Gasteiger partial charge is 0.269 e. The topological polar surface area (TPSA) is 115 Å². The molecule has 0 spiro atoms. The Hall–Kier alpha value is -1.51. The van der Waals surface area contributed by atoms with Gasteiger partial charge in [0.1, 0.15) is 0 Å². The molecule has 0 aliphatic heterocycles. The Bertz CT molecular complexity index is 540. The Balaban J connectivity index is 2.18. The number of hydrogen-bond donors (Lipinski definition) is 2. The lowest BCUT2D eigenvalue weighted by atomic mass is 10.3. The van der Waals surface area contributed by atoms with Crippen molar-refractivity contribution in [2.45, 2.75) is 23.4 Å². The average Bonchev–Trinajstić information content (AvgIpc) is 2.93. The summed E-state index contributed by atoms with van der Waals surface area (Å²) in [5.41, 5.74) is 5.35. The Morgan fingerprint density at radius 2 is 1.88 bits per heavy atom. The van der Waals surface area contributed by atoms with E-state index in [-0.39, 0.29) is 22.7 Å². The Morgan fingerprint density at radius 1 is 1.35 bits per heavy atom. The maximum Gasteiger partial charge on any atom is 0.269 e. The molecule has 0 unspecified atom stereocenters. The van der Waals surface area contributed by atoms with Crippen LogP contribution in [0.5, 0.6) is 0 Å². The van der Waals surface area contributed by atoms with Gasteiger partial charge in [0, 0.05) is 24.2 Å². The molecule has 0 heterocycles. The lowest BCUT2D eigenvalue weighted by Crippen LogP contribution is -2.29. The Labute approximate surface area is 97.8 Å². The fraction of sp³-hybridized carbons (Fsp3) is 0.333. The number of rotatable bonds is 4. The zero-order valence-electron chi connectivity index (χ0n) is 8.74. The van der Waals surface area contributed by atoms with Gasteiger partial charge in [-0.1, -0.05) is 0 Å². The minimum absolute atomic E-state index is 0.00204. The number of hydrogen-bond acceptors (Lipinski definition) is 5. The zero-order valence-corrected chi connectivity index (χ0v) is 9.55. The van der Waals surface area contributed by atoms with Crippen LogP contribution < -0.4 is 10.5 Å². The molecule has 2 rings (SSSR count). The molecule has 0 saturated heterocycles. The normalized spacial score (nSPS) is 23.4. The van der Waals surface area contributed by atoms with E-state index in [0.29, 0.717) is 6.42 Å². The number of nitrogens with zero attached hydrogens (tertiary/aromatic N) is 1. The highest BCUT2D eigenvalue weighted by molar-refractivity contribution is 7.89. The molecular weight excluding hydrogens is 246 g/mol. The first kappa shape index (κ1) is 12.0. The fourth-order valence-corrected chi connectivity index (χ4v) is 2.66. The number of nitrogens with one attached hydrogen (secondary N) is 1. The summed E-state index contributed by atoms with van der Waals surface area (Å²) in [7, 11) is -3.63. The number of nitro groups is 1. The fourth-order valence-electron chi connectivity index (χ4n) is 1.36. The van der Waals surface area contributed by atoms with Crippen molar-refractivity contribution in [2.75, 3.05) is 0 Å². The molecule has 7 nitrogen and oxygen atoms in total. The summed E-state index contributed by atoms with van der Waals surface area (Å²) < 4.78 is 26.0. The molecule has 8 heteroatoms. The van der Waals surface area contributed by atoms with Crippen LogP contribution in [0.15, 0.2) is 29.2 Å². The summed E-state index contributed by atoms with van der Waals surface area (Å²) in [5.74, 6) is 0. The lowest BCUT2D eigenvalue weighted by molar-refractivity contribution is -0.384. The molecule has 0 aromatic heterocycles. The number of nitro benzene ring substituents is 1. The van der Waals surface area contributed by atoms with Gasteiger partial charge in [0.2, 0.25) is 10.0 Å². The molecule has 0 bridgehead atoms. The van der Waals surface area contributed by atoms with E-state index in [2.05, 4.69) is 4.72 Å². The van der Waals surface area contributed by atoms with E-state index in [1.807, 2.05) is 0 Å². The maximum absolute atomic E-state index is 11.8. The van der Waals surface area contributed by atoms with Crippen LogP contribution in [0.1, 0.15) is 6.42 Å². The van der Waals surface area contributed by atoms with Crippen LogP contribution in [0.25, 0.3) is 0 Å². The first-order chi connectivity index (χ1) is 7.90. The van der Waals surface area contributed by atoms with Crippen LogP contribution in [0.3, 0.4) is 0 Å². The van der Waals surface area contributed by atoms with Crippen molar-refractivity contribution in [1.82, 2.24) is 4.72 Å². The zero-order chi connectivity index (χ0) is 12.6. The molecule has 92 valence electrons. The summed E-state index contributed by atoms with van der Waals surface area (Å²) in [6.07, 6.45) is 0.617. The van der Waals surface area contributed by atoms with Crippen molar-refractivity contribution in [1.29, 1.82) is 0 Å². The quantitative estimate of drug-likeness (QED) is 0.580. The predicted octanol–water partition coefficient (Wildman–Crippen LogP) is -0.0273. The summed E-state index contributed by atoms with van der Waals surface area (Å²) in [5, 5.41) is 10.4. The van der Waals surface area contributed by atoms with E-state index in [1.54, 1.807) is 0 Å². The second kappa shape index (κ2) is 4.06. The summed E-state index contributed by atoms with van der Waals surface area (Å²) in [4.78, 5) is 9.84. The molecule has 0 amide bonds. The van der Waals surface area contributed by atoms with Crippen molar-refractivity contribution >= 4 is 15.7 Å². The molecule has 2 atom stereocenters. The molecule has 1 aliphatic rings. The second-order valence-electron chi connectivity index (χ2n) is 3.88.